The third-order valence-corrected chi connectivity index (χ3v) is 2.55. The predicted molar refractivity (Wildman–Crippen MR) is 65.8 cm³/mol. The summed E-state index contributed by atoms with van der Waals surface area (Å²) in [6, 6.07) is 6.32. The van der Waals surface area contributed by atoms with Gasteiger partial charge in [-0.2, -0.15) is 0 Å². The fraction of sp³-hybridized carbons (Fsp3) is 0.462. The Morgan fingerprint density at radius 3 is 2.83 bits per heavy atom. The number of methoxy groups -OCH3 is 1. The Labute approximate surface area is 106 Å². The quantitative estimate of drug-likeness (QED) is 0.769. The molecule has 0 bridgehead atoms. The number of nitrogens with zero attached hydrogens (tertiary/aromatic N) is 1. The van der Waals surface area contributed by atoms with Crippen LogP contribution >= 0.6 is 0 Å². The van der Waals surface area contributed by atoms with E-state index in [1.165, 1.54) is 12.1 Å². The molecule has 100 valence electrons. The van der Waals surface area contributed by atoms with Gasteiger partial charge < -0.3 is 9.84 Å². The maximum Gasteiger partial charge on any atom is 0.304 e. The van der Waals surface area contributed by atoms with Crippen LogP contribution in [0.25, 0.3) is 0 Å². The molecule has 0 saturated heterocycles. The fourth-order valence-electron chi connectivity index (χ4n) is 1.64. The highest BCUT2D eigenvalue weighted by Crippen LogP contribution is 2.07. The van der Waals surface area contributed by atoms with Gasteiger partial charge in [-0.1, -0.05) is 12.1 Å². The zero-order valence-electron chi connectivity index (χ0n) is 10.4. The highest BCUT2D eigenvalue weighted by Gasteiger charge is 2.08. The number of rotatable bonds is 8. The molecule has 0 aliphatic heterocycles. The molecule has 18 heavy (non-hydrogen) atoms. The summed E-state index contributed by atoms with van der Waals surface area (Å²) in [6.07, 6.45) is 0.0685. The van der Waals surface area contributed by atoms with Crippen molar-refractivity contribution in [3.05, 3.63) is 35.6 Å². The number of hydrogen-bond acceptors (Lipinski definition) is 3. The van der Waals surface area contributed by atoms with Gasteiger partial charge in [0.15, 0.2) is 0 Å². The summed E-state index contributed by atoms with van der Waals surface area (Å²) >= 11 is 0. The van der Waals surface area contributed by atoms with Crippen LogP contribution in [0.15, 0.2) is 24.3 Å². The summed E-state index contributed by atoms with van der Waals surface area (Å²) in [4.78, 5) is 12.5. The van der Waals surface area contributed by atoms with Crippen molar-refractivity contribution in [2.75, 3.05) is 26.8 Å². The van der Waals surface area contributed by atoms with Crippen LogP contribution in [0.1, 0.15) is 12.0 Å². The number of carboxylic acids is 1. The highest BCUT2D eigenvalue weighted by molar-refractivity contribution is 5.66. The molecule has 0 spiro atoms. The third-order valence-electron chi connectivity index (χ3n) is 2.55. The first-order valence-corrected chi connectivity index (χ1v) is 5.79. The SMILES string of the molecule is COCCN(CCC(=O)O)Cc1cccc(F)c1. The number of carbonyl (C=O) groups is 1. The topological polar surface area (TPSA) is 49.8 Å². The average Bonchev–Trinajstić information content (AvgIpc) is 2.32. The lowest BCUT2D eigenvalue weighted by Gasteiger charge is -2.21. The van der Waals surface area contributed by atoms with E-state index in [1.54, 1.807) is 13.2 Å². The predicted octanol–water partition coefficient (Wildman–Crippen LogP) is 1.75. The van der Waals surface area contributed by atoms with Crippen molar-refractivity contribution < 1.29 is 19.0 Å². The average molecular weight is 255 g/mol. The van der Waals surface area contributed by atoms with Crippen molar-refractivity contribution in [1.82, 2.24) is 4.90 Å². The van der Waals surface area contributed by atoms with E-state index in [0.717, 1.165) is 5.56 Å². The molecule has 1 aromatic carbocycles. The molecule has 4 nitrogen and oxygen atoms in total. The summed E-state index contributed by atoms with van der Waals surface area (Å²) in [6.45, 7) is 2.10. The molecule has 0 aliphatic rings. The second-order valence-corrected chi connectivity index (χ2v) is 4.04. The van der Waals surface area contributed by atoms with Gasteiger partial charge in [0.25, 0.3) is 0 Å². The molecule has 5 heteroatoms. The fourth-order valence-corrected chi connectivity index (χ4v) is 1.64. The molecular weight excluding hydrogens is 237 g/mol. The van der Waals surface area contributed by atoms with Crippen molar-refractivity contribution in [3.63, 3.8) is 0 Å². The van der Waals surface area contributed by atoms with E-state index < -0.39 is 5.97 Å². The summed E-state index contributed by atoms with van der Waals surface area (Å²) in [5, 5.41) is 8.68. The maximum atomic E-state index is 13.0. The van der Waals surface area contributed by atoms with Crippen LogP contribution in [-0.2, 0) is 16.1 Å². The molecule has 0 heterocycles. The standard InChI is InChI=1S/C13H18FNO3/c1-18-8-7-15(6-5-13(16)17)10-11-3-2-4-12(14)9-11/h2-4,9H,5-8,10H2,1H3,(H,16,17). The number of hydrogen-bond donors (Lipinski definition) is 1. The van der Waals surface area contributed by atoms with E-state index in [4.69, 9.17) is 9.84 Å². The molecule has 0 amide bonds. The largest absolute Gasteiger partial charge is 0.481 e. The Kier molecular flexibility index (Phi) is 6.32. The lowest BCUT2D eigenvalue weighted by Crippen LogP contribution is -2.29. The lowest BCUT2D eigenvalue weighted by molar-refractivity contribution is -0.137. The van der Waals surface area contributed by atoms with E-state index in [9.17, 15) is 9.18 Å². The molecule has 0 fully saturated rings. The molecular formula is C13H18FNO3. The van der Waals surface area contributed by atoms with Crippen LogP contribution in [0, 0.1) is 5.82 Å². The van der Waals surface area contributed by atoms with E-state index >= 15 is 0 Å². The first kappa shape index (κ1) is 14.6. The molecule has 1 aromatic rings. The summed E-state index contributed by atoms with van der Waals surface area (Å²) in [7, 11) is 1.59. The summed E-state index contributed by atoms with van der Waals surface area (Å²) < 4.78 is 18.0. The molecule has 0 saturated carbocycles. The number of ether oxygens (including phenoxy) is 1. The van der Waals surface area contributed by atoms with Gasteiger partial charge in [-0.3, -0.25) is 9.69 Å². The first-order chi connectivity index (χ1) is 8.61. The summed E-state index contributed by atoms with van der Waals surface area (Å²) in [5.41, 5.74) is 0.830. The van der Waals surface area contributed by atoms with Gasteiger partial charge in [-0.05, 0) is 17.7 Å². The van der Waals surface area contributed by atoms with E-state index in [1.807, 2.05) is 11.0 Å². The Morgan fingerprint density at radius 1 is 1.44 bits per heavy atom. The highest BCUT2D eigenvalue weighted by atomic mass is 19.1. The number of carboxylic acid groups (broad SMARTS) is 1. The van der Waals surface area contributed by atoms with Crippen molar-refractivity contribution in [1.29, 1.82) is 0 Å². The minimum atomic E-state index is -0.836. The van der Waals surface area contributed by atoms with Gasteiger partial charge in [0.05, 0.1) is 13.0 Å². The molecule has 0 aliphatic carbocycles. The Balaban J connectivity index is 2.56. The van der Waals surface area contributed by atoms with Crippen LogP contribution in [0.2, 0.25) is 0 Å². The Bertz CT molecular complexity index is 384. The third kappa shape index (κ3) is 5.75. The van der Waals surface area contributed by atoms with Gasteiger partial charge in [0.1, 0.15) is 5.82 Å². The Morgan fingerprint density at radius 2 is 2.22 bits per heavy atom. The number of halogens is 1. The van der Waals surface area contributed by atoms with Crippen molar-refractivity contribution in [2.45, 2.75) is 13.0 Å². The van der Waals surface area contributed by atoms with Crippen LogP contribution < -0.4 is 0 Å². The molecule has 1 N–H and O–H groups in total. The minimum absolute atomic E-state index is 0.0685. The summed E-state index contributed by atoms with van der Waals surface area (Å²) in [5.74, 6) is -1.12. The van der Waals surface area contributed by atoms with Gasteiger partial charge in [-0.15, -0.1) is 0 Å². The van der Waals surface area contributed by atoms with Crippen molar-refractivity contribution >= 4 is 5.97 Å². The zero-order valence-corrected chi connectivity index (χ0v) is 10.4. The van der Waals surface area contributed by atoms with Gasteiger partial charge >= 0.3 is 5.97 Å². The first-order valence-electron chi connectivity index (χ1n) is 5.79. The molecule has 0 radical (unpaired) electrons. The van der Waals surface area contributed by atoms with E-state index in [2.05, 4.69) is 0 Å². The normalized spacial score (nSPS) is 10.8. The van der Waals surface area contributed by atoms with Crippen molar-refractivity contribution in [3.8, 4) is 0 Å². The molecule has 0 unspecified atom stereocenters. The second kappa shape index (κ2) is 7.79. The minimum Gasteiger partial charge on any atom is -0.481 e. The van der Waals surface area contributed by atoms with Crippen LogP contribution in [0.4, 0.5) is 4.39 Å². The van der Waals surface area contributed by atoms with Gasteiger partial charge in [0, 0.05) is 26.7 Å². The van der Waals surface area contributed by atoms with Gasteiger partial charge in [0.2, 0.25) is 0 Å². The molecule has 0 aromatic heterocycles. The number of benzene rings is 1. The zero-order chi connectivity index (χ0) is 13.4. The smallest absolute Gasteiger partial charge is 0.304 e. The van der Waals surface area contributed by atoms with Crippen LogP contribution in [0.3, 0.4) is 0 Å². The monoisotopic (exact) mass is 255 g/mol. The van der Waals surface area contributed by atoms with Crippen LogP contribution in [-0.4, -0.2) is 42.8 Å². The maximum absolute atomic E-state index is 13.0. The molecule has 1 rings (SSSR count). The van der Waals surface area contributed by atoms with Crippen molar-refractivity contribution in [2.24, 2.45) is 0 Å². The van der Waals surface area contributed by atoms with E-state index in [0.29, 0.717) is 26.2 Å². The van der Waals surface area contributed by atoms with Gasteiger partial charge in [-0.25, -0.2) is 4.39 Å². The van der Waals surface area contributed by atoms with E-state index in [-0.39, 0.29) is 12.2 Å². The second-order valence-electron chi connectivity index (χ2n) is 4.04. The lowest BCUT2D eigenvalue weighted by atomic mass is 10.2. The van der Waals surface area contributed by atoms with Crippen LogP contribution in [0.5, 0.6) is 0 Å². The Hall–Kier alpha value is -1.46. The molecule has 0 atom stereocenters. The number of aliphatic carboxylic acids is 1.